The number of carbonyl (C=O) groups is 2. The van der Waals surface area contributed by atoms with Crippen molar-refractivity contribution in [3.63, 3.8) is 0 Å². The second-order valence-corrected chi connectivity index (χ2v) is 6.94. The molecule has 0 aliphatic rings. The number of hydrazone groups is 1. The predicted molar refractivity (Wildman–Crippen MR) is 112 cm³/mol. The van der Waals surface area contributed by atoms with Crippen LogP contribution in [0.1, 0.15) is 44.2 Å². The highest BCUT2D eigenvalue weighted by molar-refractivity contribution is 6.05. The number of hydrogen-bond acceptors (Lipinski definition) is 4. The molecule has 0 heterocycles. The van der Waals surface area contributed by atoms with Crippen LogP contribution in [0.4, 0.5) is 5.69 Å². The monoisotopic (exact) mass is 381 g/mol. The SMILES string of the molecule is C/C(CC(=O)Nc1ccc(C(C)C)cc1)=N/NC(=O)COc1ccccc1C. The van der Waals surface area contributed by atoms with Crippen molar-refractivity contribution < 1.29 is 14.3 Å². The average molecular weight is 381 g/mol. The van der Waals surface area contributed by atoms with Gasteiger partial charge in [-0.15, -0.1) is 0 Å². The van der Waals surface area contributed by atoms with Crippen molar-refractivity contribution in [2.24, 2.45) is 5.10 Å². The topological polar surface area (TPSA) is 79.8 Å². The minimum atomic E-state index is -0.382. The molecule has 0 unspecified atom stereocenters. The molecule has 2 N–H and O–H groups in total. The number of aryl methyl sites for hydroxylation is 1. The number of hydrogen-bond donors (Lipinski definition) is 2. The first-order chi connectivity index (χ1) is 13.3. The van der Waals surface area contributed by atoms with Crippen LogP contribution >= 0.6 is 0 Å². The van der Waals surface area contributed by atoms with E-state index >= 15 is 0 Å². The maximum atomic E-state index is 12.1. The van der Waals surface area contributed by atoms with E-state index in [2.05, 4.69) is 29.7 Å². The van der Waals surface area contributed by atoms with Crippen molar-refractivity contribution in [1.29, 1.82) is 0 Å². The number of ether oxygens (including phenoxy) is 1. The molecule has 28 heavy (non-hydrogen) atoms. The molecule has 0 saturated carbocycles. The predicted octanol–water partition coefficient (Wildman–Crippen LogP) is 4.02. The van der Waals surface area contributed by atoms with Crippen LogP contribution in [0, 0.1) is 6.92 Å². The Kier molecular flexibility index (Phi) is 7.75. The molecule has 6 nitrogen and oxygen atoms in total. The first-order valence-corrected chi connectivity index (χ1v) is 9.25. The van der Waals surface area contributed by atoms with Gasteiger partial charge < -0.3 is 10.1 Å². The summed E-state index contributed by atoms with van der Waals surface area (Å²) in [6.45, 7) is 7.69. The molecule has 2 amide bonds. The minimum Gasteiger partial charge on any atom is -0.483 e. The van der Waals surface area contributed by atoms with Gasteiger partial charge in [0.1, 0.15) is 5.75 Å². The molecule has 0 radical (unpaired) electrons. The molecular weight excluding hydrogens is 354 g/mol. The van der Waals surface area contributed by atoms with Crippen molar-refractivity contribution in [3.05, 3.63) is 59.7 Å². The third kappa shape index (κ3) is 6.87. The van der Waals surface area contributed by atoms with Gasteiger partial charge in [-0.2, -0.15) is 5.10 Å². The summed E-state index contributed by atoms with van der Waals surface area (Å²) in [6, 6.07) is 15.2. The average Bonchev–Trinajstić information content (AvgIpc) is 2.66. The lowest BCUT2D eigenvalue weighted by Gasteiger charge is -2.09. The molecule has 2 aromatic rings. The van der Waals surface area contributed by atoms with Gasteiger partial charge in [-0.3, -0.25) is 9.59 Å². The number of para-hydroxylation sites is 1. The van der Waals surface area contributed by atoms with Gasteiger partial charge in [-0.05, 0) is 49.1 Å². The van der Waals surface area contributed by atoms with E-state index in [4.69, 9.17) is 4.74 Å². The number of rotatable bonds is 8. The van der Waals surface area contributed by atoms with E-state index in [1.165, 1.54) is 5.56 Å². The normalized spacial score (nSPS) is 11.2. The van der Waals surface area contributed by atoms with Crippen LogP contribution in [0.2, 0.25) is 0 Å². The van der Waals surface area contributed by atoms with E-state index in [0.29, 0.717) is 17.4 Å². The van der Waals surface area contributed by atoms with Crippen LogP contribution in [0.3, 0.4) is 0 Å². The summed E-state index contributed by atoms with van der Waals surface area (Å²) in [6.07, 6.45) is 0.0882. The first kappa shape index (κ1) is 21.2. The molecule has 2 aromatic carbocycles. The molecule has 0 aliphatic carbocycles. The lowest BCUT2D eigenvalue weighted by Crippen LogP contribution is -2.26. The van der Waals surface area contributed by atoms with E-state index < -0.39 is 0 Å². The molecule has 0 aliphatic heterocycles. The summed E-state index contributed by atoms with van der Waals surface area (Å²) in [5.41, 5.74) is 5.81. The number of benzene rings is 2. The number of anilines is 1. The van der Waals surface area contributed by atoms with Crippen LogP contribution in [-0.4, -0.2) is 24.1 Å². The van der Waals surface area contributed by atoms with E-state index in [0.717, 1.165) is 11.3 Å². The van der Waals surface area contributed by atoms with Gasteiger partial charge in [0.25, 0.3) is 5.91 Å². The highest BCUT2D eigenvalue weighted by atomic mass is 16.5. The first-order valence-electron chi connectivity index (χ1n) is 9.25. The third-order valence-electron chi connectivity index (χ3n) is 4.10. The maximum absolute atomic E-state index is 12.1. The van der Waals surface area contributed by atoms with Gasteiger partial charge in [0.05, 0.1) is 6.42 Å². The van der Waals surface area contributed by atoms with Gasteiger partial charge in [-0.25, -0.2) is 5.43 Å². The van der Waals surface area contributed by atoms with Crippen molar-refractivity contribution in [2.45, 2.75) is 40.0 Å². The van der Waals surface area contributed by atoms with Crippen molar-refractivity contribution >= 4 is 23.2 Å². The molecular formula is C22H27N3O3. The maximum Gasteiger partial charge on any atom is 0.277 e. The lowest BCUT2D eigenvalue weighted by molar-refractivity contribution is -0.123. The highest BCUT2D eigenvalue weighted by Crippen LogP contribution is 2.17. The Balaban J connectivity index is 1.77. The quantitative estimate of drug-likeness (QED) is 0.535. The molecule has 0 spiro atoms. The van der Waals surface area contributed by atoms with Gasteiger partial charge in [0.2, 0.25) is 5.91 Å². The summed E-state index contributed by atoms with van der Waals surface area (Å²) in [5.74, 6) is 0.523. The van der Waals surface area contributed by atoms with Crippen molar-refractivity contribution in [2.75, 3.05) is 11.9 Å². The Morgan fingerprint density at radius 1 is 1.04 bits per heavy atom. The molecule has 0 bridgehead atoms. The highest BCUT2D eigenvalue weighted by Gasteiger charge is 2.07. The molecule has 0 aromatic heterocycles. The second kappa shape index (κ2) is 10.3. The fourth-order valence-electron chi connectivity index (χ4n) is 2.48. The molecule has 148 valence electrons. The molecule has 0 atom stereocenters. The Morgan fingerprint density at radius 3 is 2.36 bits per heavy atom. The Bertz CT molecular complexity index is 842. The van der Waals surface area contributed by atoms with Gasteiger partial charge in [0, 0.05) is 11.4 Å². The van der Waals surface area contributed by atoms with Gasteiger partial charge in [-0.1, -0.05) is 44.2 Å². The fraction of sp³-hybridized carbons (Fsp3) is 0.318. The van der Waals surface area contributed by atoms with E-state index in [9.17, 15) is 9.59 Å². The van der Waals surface area contributed by atoms with Gasteiger partial charge >= 0.3 is 0 Å². The largest absolute Gasteiger partial charge is 0.483 e. The Morgan fingerprint density at radius 2 is 1.71 bits per heavy atom. The summed E-state index contributed by atoms with van der Waals surface area (Å²) in [7, 11) is 0. The Hall–Kier alpha value is -3.15. The number of nitrogens with zero attached hydrogens (tertiary/aromatic N) is 1. The third-order valence-corrected chi connectivity index (χ3v) is 4.10. The fourth-order valence-corrected chi connectivity index (χ4v) is 2.48. The number of carbonyl (C=O) groups excluding carboxylic acids is 2. The van der Waals surface area contributed by atoms with Crippen LogP contribution < -0.4 is 15.5 Å². The van der Waals surface area contributed by atoms with E-state index in [1.807, 2.05) is 49.4 Å². The zero-order valence-corrected chi connectivity index (χ0v) is 16.8. The zero-order chi connectivity index (χ0) is 20.5. The Labute approximate surface area is 166 Å². The smallest absolute Gasteiger partial charge is 0.277 e. The van der Waals surface area contributed by atoms with Crippen LogP contribution in [0.25, 0.3) is 0 Å². The standard InChI is InChI=1S/C22H27N3O3/c1-15(2)18-9-11-19(12-10-18)23-21(26)13-17(4)24-25-22(27)14-28-20-8-6-5-7-16(20)3/h5-12,15H,13-14H2,1-4H3,(H,23,26)(H,25,27)/b24-17-. The minimum absolute atomic E-state index is 0.0882. The number of amides is 2. The summed E-state index contributed by atoms with van der Waals surface area (Å²) in [5, 5.41) is 6.78. The van der Waals surface area contributed by atoms with Crippen LogP contribution in [0.5, 0.6) is 5.75 Å². The second-order valence-electron chi connectivity index (χ2n) is 6.94. The molecule has 6 heteroatoms. The lowest BCUT2D eigenvalue weighted by atomic mass is 10.0. The van der Waals surface area contributed by atoms with E-state index in [1.54, 1.807) is 13.0 Å². The summed E-state index contributed by atoms with van der Waals surface area (Å²) >= 11 is 0. The molecule has 2 rings (SSSR count). The number of nitrogens with one attached hydrogen (secondary N) is 2. The molecule has 0 saturated heterocycles. The molecule has 0 fully saturated rings. The van der Waals surface area contributed by atoms with Crippen LogP contribution in [-0.2, 0) is 9.59 Å². The summed E-state index contributed by atoms with van der Waals surface area (Å²) in [4.78, 5) is 24.0. The van der Waals surface area contributed by atoms with Crippen molar-refractivity contribution in [1.82, 2.24) is 5.43 Å². The zero-order valence-electron chi connectivity index (χ0n) is 16.8. The van der Waals surface area contributed by atoms with E-state index in [-0.39, 0.29) is 24.8 Å². The van der Waals surface area contributed by atoms with Crippen LogP contribution in [0.15, 0.2) is 53.6 Å². The van der Waals surface area contributed by atoms with Crippen molar-refractivity contribution in [3.8, 4) is 5.75 Å². The summed E-state index contributed by atoms with van der Waals surface area (Å²) < 4.78 is 5.46. The van der Waals surface area contributed by atoms with Gasteiger partial charge in [0.15, 0.2) is 6.61 Å².